The minimum Gasteiger partial charge on any atom is -0.389 e. The van der Waals surface area contributed by atoms with Gasteiger partial charge in [0.25, 0.3) is 0 Å². The quantitative estimate of drug-likeness (QED) is 0.511. The zero-order valence-electron chi connectivity index (χ0n) is 7.02. The van der Waals surface area contributed by atoms with Crippen LogP contribution in [-0.4, -0.2) is 10.7 Å². The van der Waals surface area contributed by atoms with Gasteiger partial charge in [-0.2, -0.15) is 0 Å². The Morgan fingerprint density at radius 1 is 1.30 bits per heavy atom. The number of aliphatic hydroxyl groups is 1. The zero-order chi connectivity index (χ0) is 7.83. The van der Waals surface area contributed by atoms with Gasteiger partial charge in [0.1, 0.15) is 0 Å². The molecule has 10 heavy (non-hydrogen) atoms. The summed E-state index contributed by atoms with van der Waals surface area (Å²) in [5.41, 5.74) is -0.562. The second-order valence-corrected chi connectivity index (χ2v) is 3.94. The van der Waals surface area contributed by atoms with Gasteiger partial charge in [0.15, 0.2) is 0 Å². The van der Waals surface area contributed by atoms with E-state index in [0.717, 1.165) is 12.8 Å². The summed E-state index contributed by atoms with van der Waals surface area (Å²) in [6.07, 6.45) is 6.15. The molecule has 0 fully saturated rings. The van der Waals surface area contributed by atoms with Gasteiger partial charge in [0.05, 0.1) is 5.60 Å². The van der Waals surface area contributed by atoms with E-state index in [-0.39, 0.29) is 5.41 Å². The fourth-order valence-corrected chi connectivity index (χ4v) is 1.24. The van der Waals surface area contributed by atoms with Crippen LogP contribution in [0.3, 0.4) is 0 Å². The molecule has 58 valence electrons. The molecule has 1 N–H and O–H groups in total. The Labute approximate surface area is 62.8 Å². The number of hydrogen-bond donors (Lipinski definition) is 1. The van der Waals surface area contributed by atoms with E-state index in [1.807, 2.05) is 6.92 Å². The molecule has 1 aliphatic rings. The van der Waals surface area contributed by atoms with E-state index in [1.54, 1.807) is 0 Å². The predicted molar refractivity (Wildman–Crippen MR) is 42.8 cm³/mol. The molecule has 1 nitrogen and oxygen atoms in total. The summed E-state index contributed by atoms with van der Waals surface area (Å²) >= 11 is 0. The van der Waals surface area contributed by atoms with Crippen LogP contribution in [0.5, 0.6) is 0 Å². The second-order valence-electron chi connectivity index (χ2n) is 3.94. The van der Waals surface area contributed by atoms with Gasteiger partial charge in [-0.25, -0.2) is 0 Å². The van der Waals surface area contributed by atoms with Crippen molar-refractivity contribution in [1.82, 2.24) is 0 Å². The smallest absolute Gasteiger partial charge is 0.0707 e. The highest BCUT2D eigenvalue weighted by Gasteiger charge is 2.38. The largest absolute Gasteiger partial charge is 0.389 e. The first-order chi connectivity index (χ1) is 4.46. The van der Waals surface area contributed by atoms with Gasteiger partial charge in [-0.1, -0.05) is 26.0 Å². The SMILES string of the molecule is CC1(C)C=CCCC1(C)O. The lowest BCUT2D eigenvalue weighted by molar-refractivity contribution is -0.0368. The molecule has 1 atom stereocenters. The molecule has 0 saturated heterocycles. The first-order valence-corrected chi connectivity index (χ1v) is 3.86. The Hall–Kier alpha value is -0.300. The highest BCUT2D eigenvalue weighted by atomic mass is 16.3. The van der Waals surface area contributed by atoms with Gasteiger partial charge in [-0.15, -0.1) is 0 Å². The van der Waals surface area contributed by atoms with Crippen LogP contribution in [-0.2, 0) is 0 Å². The number of hydrogen-bond acceptors (Lipinski definition) is 1. The molecule has 0 amide bonds. The topological polar surface area (TPSA) is 20.2 Å². The Bertz CT molecular complexity index is 154. The maximum atomic E-state index is 9.85. The summed E-state index contributed by atoms with van der Waals surface area (Å²) in [7, 11) is 0. The van der Waals surface area contributed by atoms with E-state index in [1.165, 1.54) is 0 Å². The van der Waals surface area contributed by atoms with Crippen LogP contribution in [0.1, 0.15) is 33.6 Å². The van der Waals surface area contributed by atoms with E-state index in [9.17, 15) is 5.11 Å². The molecule has 0 aliphatic heterocycles. The third-order valence-electron chi connectivity index (χ3n) is 2.72. The molecule has 0 bridgehead atoms. The lowest BCUT2D eigenvalue weighted by Gasteiger charge is -2.40. The third kappa shape index (κ3) is 1.10. The normalized spacial score (nSPS) is 38.0. The first-order valence-electron chi connectivity index (χ1n) is 3.86. The van der Waals surface area contributed by atoms with Crippen molar-refractivity contribution >= 4 is 0 Å². The first kappa shape index (κ1) is 7.80. The Morgan fingerprint density at radius 2 is 1.90 bits per heavy atom. The van der Waals surface area contributed by atoms with Gasteiger partial charge in [0, 0.05) is 5.41 Å². The molecule has 0 aromatic heterocycles. The summed E-state index contributed by atoms with van der Waals surface area (Å²) in [5.74, 6) is 0. The van der Waals surface area contributed by atoms with Crippen LogP contribution in [0.15, 0.2) is 12.2 Å². The second kappa shape index (κ2) is 2.09. The average molecular weight is 140 g/mol. The van der Waals surface area contributed by atoms with Crippen LogP contribution < -0.4 is 0 Å². The summed E-state index contributed by atoms with van der Waals surface area (Å²) in [6, 6.07) is 0. The standard InChI is InChI=1S/C9H16O/c1-8(2)6-4-5-7-9(8,3)10/h4,6,10H,5,7H2,1-3H3. The van der Waals surface area contributed by atoms with E-state index in [0.29, 0.717) is 0 Å². The van der Waals surface area contributed by atoms with Crippen molar-refractivity contribution in [1.29, 1.82) is 0 Å². The Balaban J connectivity index is 2.87. The summed E-state index contributed by atoms with van der Waals surface area (Å²) < 4.78 is 0. The molecule has 0 aromatic carbocycles. The van der Waals surface area contributed by atoms with Crippen LogP contribution in [0, 0.1) is 5.41 Å². The molecular formula is C9H16O. The van der Waals surface area contributed by atoms with Crippen molar-refractivity contribution in [2.75, 3.05) is 0 Å². The van der Waals surface area contributed by atoms with E-state index in [2.05, 4.69) is 26.0 Å². The molecule has 0 spiro atoms. The monoisotopic (exact) mass is 140 g/mol. The molecule has 0 heterocycles. The van der Waals surface area contributed by atoms with E-state index in [4.69, 9.17) is 0 Å². The molecule has 1 heteroatoms. The molecule has 1 aliphatic carbocycles. The van der Waals surface area contributed by atoms with E-state index < -0.39 is 5.60 Å². The van der Waals surface area contributed by atoms with Crippen LogP contribution in [0.25, 0.3) is 0 Å². The molecule has 0 aromatic rings. The summed E-state index contributed by atoms with van der Waals surface area (Å²) in [6.45, 7) is 6.06. The minimum absolute atomic E-state index is 0.0503. The summed E-state index contributed by atoms with van der Waals surface area (Å²) in [4.78, 5) is 0. The Kier molecular flexibility index (Phi) is 1.63. The van der Waals surface area contributed by atoms with Crippen molar-refractivity contribution in [3.05, 3.63) is 12.2 Å². The lowest BCUT2D eigenvalue weighted by Crippen LogP contribution is -2.41. The summed E-state index contributed by atoms with van der Waals surface area (Å²) in [5, 5.41) is 9.85. The van der Waals surface area contributed by atoms with Gasteiger partial charge >= 0.3 is 0 Å². The molecule has 1 rings (SSSR count). The number of allylic oxidation sites excluding steroid dienone is 1. The fourth-order valence-electron chi connectivity index (χ4n) is 1.24. The van der Waals surface area contributed by atoms with Crippen molar-refractivity contribution in [3.8, 4) is 0 Å². The van der Waals surface area contributed by atoms with Gasteiger partial charge in [-0.05, 0) is 19.8 Å². The fraction of sp³-hybridized carbons (Fsp3) is 0.778. The average Bonchev–Trinajstić information content (AvgIpc) is 1.77. The van der Waals surface area contributed by atoms with Crippen molar-refractivity contribution in [2.45, 2.75) is 39.2 Å². The minimum atomic E-state index is -0.512. The maximum absolute atomic E-state index is 9.85. The maximum Gasteiger partial charge on any atom is 0.0707 e. The predicted octanol–water partition coefficient (Wildman–Crippen LogP) is 2.11. The van der Waals surface area contributed by atoms with Crippen molar-refractivity contribution in [2.24, 2.45) is 5.41 Å². The van der Waals surface area contributed by atoms with Crippen molar-refractivity contribution in [3.63, 3.8) is 0 Å². The molecule has 0 radical (unpaired) electrons. The van der Waals surface area contributed by atoms with Crippen LogP contribution in [0.4, 0.5) is 0 Å². The van der Waals surface area contributed by atoms with E-state index >= 15 is 0 Å². The van der Waals surface area contributed by atoms with Crippen molar-refractivity contribution < 1.29 is 5.11 Å². The number of rotatable bonds is 0. The highest BCUT2D eigenvalue weighted by Crippen LogP contribution is 2.38. The van der Waals surface area contributed by atoms with Gasteiger partial charge in [-0.3, -0.25) is 0 Å². The molecular weight excluding hydrogens is 124 g/mol. The molecule has 0 saturated carbocycles. The van der Waals surface area contributed by atoms with Crippen LogP contribution in [0.2, 0.25) is 0 Å². The van der Waals surface area contributed by atoms with Gasteiger partial charge in [0.2, 0.25) is 0 Å². The zero-order valence-corrected chi connectivity index (χ0v) is 7.02. The van der Waals surface area contributed by atoms with Gasteiger partial charge < -0.3 is 5.11 Å². The highest BCUT2D eigenvalue weighted by molar-refractivity contribution is 5.09. The lowest BCUT2D eigenvalue weighted by atomic mass is 9.70. The Morgan fingerprint density at radius 3 is 2.20 bits per heavy atom. The third-order valence-corrected chi connectivity index (χ3v) is 2.72. The molecule has 1 unspecified atom stereocenters. The van der Waals surface area contributed by atoms with Crippen LogP contribution >= 0.6 is 0 Å².